The Kier molecular flexibility index (Phi) is 6.59. The molecule has 3 N–H and O–H groups in total. The van der Waals surface area contributed by atoms with Crippen LogP contribution in [0, 0.1) is 16.6 Å². The van der Waals surface area contributed by atoms with E-state index in [0.717, 1.165) is 6.42 Å². The molecule has 1 aromatic carbocycles. The van der Waals surface area contributed by atoms with Crippen LogP contribution in [-0.2, 0) is 4.79 Å². The summed E-state index contributed by atoms with van der Waals surface area (Å²) in [4.78, 5) is 26.3. The Balaban J connectivity index is 0.00000312. The highest BCUT2D eigenvalue weighted by Gasteiger charge is 2.36. The van der Waals surface area contributed by atoms with E-state index in [4.69, 9.17) is 5.73 Å². The lowest BCUT2D eigenvalue weighted by Gasteiger charge is -2.23. The van der Waals surface area contributed by atoms with E-state index >= 15 is 0 Å². The lowest BCUT2D eigenvalue weighted by atomic mass is 9.90. The van der Waals surface area contributed by atoms with Gasteiger partial charge in [0.25, 0.3) is 5.91 Å². The number of amides is 2. The van der Waals surface area contributed by atoms with Crippen molar-refractivity contribution < 1.29 is 14.0 Å². The fourth-order valence-corrected chi connectivity index (χ4v) is 2.62. The quantitative estimate of drug-likeness (QED) is 0.857. The summed E-state index contributed by atoms with van der Waals surface area (Å²) in [5.74, 6) is -1.14. The molecule has 5 nitrogen and oxygen atoms in total. The monoisotopic (exact) mass is 371 g/mol. The zero-order valence-corrected chi connectivity index (χ0v) is 16.0. The Morgan fingerprint density at radius 1 is 1.36 bits per heavy atom. The van der Waals surface area contributed by atoms with Crippen LogP contribution in [0.5, 0.6) is 0 Å². The number of nitrogens with two attached hydrogens (primary N) is 1. The van der Waals surface area contributed by atoms with Crippen molar-refractivity contribution in [3.05, 3.63) is 29.6 Å². The molecule has 1 heterocycles. The van der Waals surface area contributed by atoms with E-state index in [2.05, 4.69) is 5.32 Å². The number of hydrogen-bond acceptors (Lipinski definition) is 3. The SMILES string of the molecule is CC1(CN)CCN(C(=O)c2cc(NC(=O)C(C)(C)C)ccc2F)C1.Cl. The van der Waals surface area contributed by atoms with Crippen LogP contribution in [0.3, 0.4) is 0 Å². The molecule has 140 valence electrons. The van der Waals surface area contributed by atoms with Gasteiger partial charge in [0.2, 0.25) is 5.91 Å². The molecule has 1 atom stereocenters. The van der Waals surface area contributed by atoms with Crippen LogP contribution in [0.25, 0.3) is 0 Å². The molecule has 7 heteroatoms. The van der Waals surface area contributed by atoms with Gasteiger partial charge in [-0.1, -0.05) is 27.7 Å². The van der Waals surface area contributed by atoms with Gasteiger partial charge in [-0.05, 0) is 36.6 Å². The maximum Gasteiger partial charge on any atom is 0.256 e. The maximum absolute atomic E-state index is 14.1. The Morgan fingerprint density at radius 3 is 2.52 bits per heavy atom. The van der Waals surface area contributed by atoms with Crippen LogP contribution in [0.2, 0.25) is 0 Å². The summed E-state index contributed by atoms with van der Waals surface area (Å²) in [5, 5.41) is 2.73. The number of hydrogen-bond donors (Lipinski definition) is 2. The molecule has 0 aromatic heterocycles. The van der Waals surface area contributed by atoms with E-state index in [-0.39, 0.29) is 35.2 Å². The molecule has 1 aliphatic heterocycles. The van der Waals surface area contributed by atoms with Crippen molar-refractivity contribution in [3.8, 4) is 0 Å². The Morgan fingerprint density at radius 2 is 2.00 bits per heavy atom. The fraction of sp³-hybridized carbons (Fsp3) is 0.556. The molecule has 2 amide bonds. The van der Waals surface area contributed by atoms with E-state index in [1.807, 2.05) is 6.92 Å². The first-order valence-corrected chi connectivity index (χ1v) is 8.16. The molecule has 1 aromatic rings. The highest BCUT2D eigenvalue weighted by molar-refractivity contribution is 5.98. The number of carbonyl (C=O) groups excluding carboxylic acids is 2. The van der Waals surface area contributed by atoms with Gasteiger partial charge in [0, 0.05) is 24.2 Å². The van der Waals surface area contributed by atoms with E-state index in [9.17, 15) is 14.0 Å². The van der Waals surface area contributed by atoms with Gasteiger partial charge in [-0.2, -0.15) is 0 Å². The standard InChI is InChI=1S/C18H26FN3O2.ClH/c1-17(2,3)16(24)21-12-5-6-14(19)13(9-12)15(23)22-8-7-18(4,10-20)11-22;/h5-6,9H,7-8,10-11,20H2,1-4H3,(H,21,24);1H. The minimum atomic E-state index is -0.588. The number of likely N-dealkylation sites (tertiary alicyclic amines) is 1. The van der Waals surface area contributed by atoms with Crippen LogP contribution in [0.4, 0.5) is 10.1 Å². The summed E-state index contributed by atoms with van der Waals surface area (Å²) in [6.45, 7) is 8.95. The first kappa shape index (κ1) is 21.4. The van der Waals surface area contributed by atoms with Crippen molar-refractivity contribution in [2.24, 2.45) is 16.6 Å². The predicted octanol–water partition coefficient (Wildman–Crippen LogP) is 3.04. The molecule has 1 aliphatic rings. The smallest absolute Gasteiger partial charge is 0.256 e. The largest absolute Gasteiger partial charge is 0.338 e. The third-order valence-corrected chi connectivity index (χ3v) is 4.47. The predicted molar refractivity (Wildman–Crippen MR) is 99.4 cm³/mol. The number of anilines is 1. The summed E-state index contributed by atoms with van der Waals surface area (Å²) >= 11 is 0. The maximum atomic E-state index is 14.1. The molecule has 1 fully saturated rings. The first-order chi connectivity index (χ1) is 11.1. The van der Waals surface area contributed by atoms with Crippen molar-refractivity contribution in [2.75, 3.05) is 25.0 Å². The summed E-state index contributed by atoms with van der Waals surface area (Å²) in [6.07, 6.45) is 0.803. The molecular formula is C18H27ClFN3O2. The normalized spacial score (nSPS) is 20.2. The van der Waals surface area contributed by atoms with Crippen molar-refractivity contribution in [1.29, 1.82) is 0 Å². The lowest BCUT2D eigenvalue weighted by molar-refractivity contribution is -0.123. The summed E-state index contributed by atoms with van der Waals surface area (Å²) in [5.41, 5.74) is 5.46. The number of carbonyl (C=O) groups is 2. The van der Waals surface area contributed by atoms with Gasteiger partial charge in [0.15, 0.2) is 0 Å². The Labute approximate surface area is 154 Å². The summed E-state index contributed by atoms with van der Waals surface area (Å²) < 4.78 is 14.1. The topological polar surface area (TPSA) is 75.4 Å². The third kappa shape index (κ3) is 4.92. The van der Waals surface area contributed by atoms with Crippen molar-refractivity contribution in [1.82, 2.24) is 4.90 Å². The number of halogens is 2. The number of nitrogens with one attached hydrogen (secondary N) is 1. The molecular weight excluding hydrogens is 345 g/mol. The third-order valence-electron chi connectivity index (χ3n) is 4.47. The second-order valence-corrected chi connectivity index (χ2v) is 7.89. The molecule has 0 saturated carbocycles. The molecule has 0 radical (unpaired) electrons. The fourth-order valence-electron chi connectivity index (χ4n) is 2.62. The molecule has 0 bridgehead atoms. The Bertz CT molecular complexity index is 660. The summed E-state index contributed by atoms with van der Waals surface area (Å²) in [7, 11) is 0. The van der Waals surface area contributed by atoms with Crippen molar-refractivity contribution in [2.45, 2.75) is 34.1 Å². The van der Waals surface area contributed by atoms with Crippen LogP contribution in [0.1, 0.15) is 44.5 Å². The highest BCUT2D eigenvalue weighted by atomic mass is 35.5. The van der Waals surface area contributed by atoms with Crippen LogP contribution in [0.15, 0.2) is 18.2 Å². The lowest BCUT2D eigenvalue weighted by Crippen LogP contribution is -2.35. The second-order valence-electron chi connectivity index (χ2n) is 7.89. The van der Waals surface area contributed by atoms with E-state index in [1.54, 1.807) is 25.7 Å². The zero-order chi connectivity index (χ0) is 18.1. The van der Waals surface area contributed by atoms with Gasteiger partial charge in [-0.3, -0.25) is 9.59 Å². The second kappa shape index (κ2) is 7.70. The first-order valence-electron chi connectivity index (χ1n) is 8.16. The Hall–Kier alpha value is -1.66. The summed E-state index contributed by atoms with van der Waals surface area (Å²) in [6, 6.07) is 4.08. The van der Waals surface area contributed by atoms with Crippen LogP contribution in [-0.4, -0.2) is 36.3 Å². The van der Waals surface area contributed by atoms with Crippen molar-refractivity contribution in [3.63, 3.8) is 0 Å². The highest BCUT2D eigenvalue weighted by Crippen LogP contribution is 2.30. The van der Waals surface area contributed by atoms with E-state index < -0.39 is 11.2 Å². The van der Waals surface area contributed by atoms with Gasteiger partial charge >= 0.3 is 0 Å². The average molecular weight is 372 g/mol. The average Bonchev–Trinajstić information content (AvgIpc) is 2.91. The molecule has 1 saturated heterocycles. The molecule has 25 heavy (non-hydrogen) atoms. The van der Waals surface area contributed by atoms with E-state index in [0.29, 0.717) is 25.3 Å². The number of rotatable bonds is 3. The van der Waals surface area contributed by atoms with Crippen molar-refractivity contribution >= 4 is 29.9 Å². The minimum Gasteiger partial charge on any atom is -0.338 e. The van der Waals surface area contributed by atoms with Gasteiger partial charge in [-0.15, -0.1) is 12.4 Å². The minimum absolute atomic E-state index is 0. The van der Waals surface area contributed by atoms with Gasteiger partial charge in [0.1, 0.15) is 5.82 Å². The molecule has 2 rings (SSSR count). The van der Waals surface area contributed by atoms with E-state index in [1.165, 1.54) is 18.2 Å². The van der Waals surface area contributed by atoms with Crippen LogP contribution < -0.4 is 11.1 Å². The van der Waals surface area contributed by atoms with Gasteiger partial charge < -0.3 is 16.0 Å². The van der Waals surface area contributed by atoms with Gasteiger partial charge in [0.05, 0.1) is 5.56 Å². The van der Waals surface area contributed by atoms with Gasteiger partial charge in [-0.25, -0.2) is 4.39 Å². The molecule has 0 spiro atoms. The molecule has 0 aliphatic carbocycles. The van der Waals surface area contributed by atoms with Crippen LogP contribution >= 0.6 is 12.4 Å². The zero-order valence-electron chi connectivity index (χ0n) is 15.2. The number of nitrogens with zero attached hydrogens (tertiary/aromatic N) is 1. The molecule has 1 unspecified atom stereocenters. The number of benzene rings is 1.